The van der Waals surface area contributed by atoms with Crippen molar-refractivity contribution >= 4 is 74.7 Å². The van der Waals surface area contributed by atoms with Gasteiger partial charge in [0.1, 0.15) is 11.6 Å². The first kappa shape index (κ1) is 20.2. The van der Waals surface area contributed by atoms with Crippen LogP contribution in [0.25, 0.3) is 0 Å². The van der Waals surface area contributed by atoms with E-state index < -0.39 is 17.8 Å². The highest BCUT2D eigenvalue weighted by Crippen LogP contribution is 2.28. The quantitative estimate of drug-likeness (QED) is 0.446. The Hall–Kier alpha value is -1.16. The van der Waals surface area contributed by atoms with Crippen LogP contribution in [-0.2, 0) is 4.79 Å². The maximum atomic E-state index is 13.8. The number of nitrogens with one attached hydrogen (secondary N) is 2. The normalized spacial score (nSPS) is 11.6. The molecule has 0 aliphatic heterocycles. The highest BCUT2D eigenvalue weighted by Gasteiger charge is 2.18. The summed E-state index contributed by atoms with van der Waals surface area (Å²) in [5, 5.41) is 5.77. The molecule has 1 amide bonds. The molecule has 0 heterocycles. The van der Waals surface area contributed by atoms with Crippen molar-refractivity contribution in [2.45, 2.75) is 13.0 Å². The number of benzene rings is 2. The highest BCUT2D eigenvalue weighted by atomic mass is 127. The average Bonchev–Trinajstić information content (AvgIpc) is 2.52. The number of hydrogen-bond acceptors (Lipinski definition) is 3. The van der Waals surface area contributed by atoms with Gasteiger partial charge in [0.15, 0.2) is 11.2 Å². The van der Waals surface area contributed by atoms with Gasteiger partial charge in [0, 0.05) is 8.59 Å². The van der Waals surface area contributed by atoms with Gasteiger partial charge in [-0.1, -0.05) is 23.2 Å². The molecular weight excluding hydrogens is 501 g/mol. The van der Waals surface area contributed by atoms with E-state index in [9.17, 15) is 9.18 Å². The molecule has 0 saturated carbocycles. The standard InChI is InChI=1S/C16H12Cl2FIN2O2S/c1-8(24-14-5-2-9(17)6-11(14)18)15(23)22-16(25)21-13-4-3-10(20)7-12(13)19/h2-8H,1H3,(H2,21,22,23,25). The third-order valence-electron chi connectivity index (χ3n) is 2.98. The van der Waals surface area contributed by atoms with Crippen LogP contribution >= 0.6 is 58.0 Å². The Balaban J connectivity index is 1.94. The van der Waals surface area contributed by atoms with E-state index in [2.05, 4.69) is 10.6 Å². The van der Waals surface area contributed by atoms with Gasteiger partial charge in [0.2, 0.25) is 0 Å². The predicted molar refractivity (Wildman–Crippen MR) is 110 cm³/mol. The summed E-state index contributed by atoms with van der Waals surface area (Å²) in [5.74, 6) is -0.661. The van der Waals surface area contributed by atoms with E-state index in [0.29, 0.717) is 10.8 Å². The Bertz CT molecular complexity index is 823. The zero-order valence-electron chi connectivity index (χ0n) is 12.8. The van der Waals surface area contributed by atoms with Crippen molar-refractivity contribution in [3.05, 3.63) is 55.8 Å². The van der Waals surface area contributed by atoms with Crippen molar-refractivity contribution in [3.63, 3.8) is 0 Å². The maximum Gasteiger partial charge on any atom is 0.266 e. The van der Waals surface area contributed by atoms with E-state index >= 15 is 0 Å². The van der Waals surface area contributed by atoms with Crippen LogP contribution in [0.5, 0.6) is 5.75 Å². The predicted octanol–water partition coefficient (Wildman–Crippen LogP) is 5.02. The molecule has 4 nitrogen and oxygen atoms in total. The summed E-state index contributed by atoms with van der Waals surface area (Å²) in [5.41, 5.74) is 0.167. The summed E-state index contributed by atoms with van der Waals surface area (Å²) in [6.07, 6.45) is -0.875. The molecule has 0 aliphatic rings. The van der Waals surface area contributed by atoms with Crippen LogP contribution in [0.4, 0.5) is 10.1 Å². The van der Waals surface area contributed by atoms with Gasteiger partial charge >= 0.3 is 0 Å². The molecule has 1 unspecified atom stereocenters. The molecule has 0 spiro atoms. The smallest absolute Gasteiger partial charge is 0.266 e. The van der Waals surface area contributed by atoms with E-state index in [1.54, 1.807) is 18.2 Å². The average molecular weight is 513 g/mol. The van der Waals surface area contributed by atoms with Gasteiger partial charge in [-0.25, -0.2) is 4.39 Å². The number of amides is 1. The van der Waals surface area contributed by atoms with Crippen molar-refractivity contribution in [3.8, 4) is 5.75 Å². The summed E-state index contributed by atoms with van der Waals surface area (Å²) in [4.78, 5) is 12.1. The Morgan fingerprint density at radius 1 is 1.28 bits per heavy atom. The number of carbonyl (C=O) groups excluding carboxylic acids is 1. The Morgan fingerprint density at radius 3 is 2.64 bits per heavy atom. The van der Waals surface area contributed by atoms with E-state index in [1.165, 1.54) is 25.1 Å². The second-order valence-corrected chi connectivity index (χ2v) is 7.40. The molecule has 132 valence electrons. The molecule has 9 heteroatoms. The first-order valence-corrected chi connectivity index (χ1v) is 9.19. The maximum absolute atomic E-state index is 13.8. The Morgan fingerprint density at radius 2 is 2.00 bits per heavy atom. The van der Waals surface area contributed by atoms with Crippen LogP contribution in [0.3, 0.4) is 0 Å². The second kappa shape index (κ2) is 8.98. The Kier molecular flexibility index (Phi) is 7.24. The number of carbonyl (C=O) groups is 1. The molecule has 2 rings (SSSR count). The first-order chi connectivity index (χ1) is 11.8. The van der Waals surface area contributed by atoms with Gasteiger partial charge in [-0.05, 0) is 78.1 Å². The lowest BCUT2D eigenvalue weighted by atomic mass is 10.3. The monoisotopic (exact) mass is 512 g/mol. The molecule has 0 saturated heterocycles. The summed E-state index contributed by atoms with van der Waals surface area (Å²) in [6.45, 7) is 1.54. The number of rotatable bonds is 4. The minimum absolute atomic E-state index is 0.0391. The van der Waals surface area contributed by atoms with Gasteiger partial charge in [-0.2, -0.15) is 0 Å². The molecule has 2 aromatic carbocycles. The number of ether oxygens (including phenoxy) is 1. The lowest BCUT2D eigenvalue weighted by Crippen LogP contribution is -2.42. The van der Waals surface area contributed by atoms with Crippen molar-refractivity contribution < 1.29 is 13.9 Å². The van der Waals surface area contributed by atoms with Gasteiger partial charge in [0.05, 0.1) is 10.7 Å². The van der Waals surface area contributed by atoms with Crippen molar-refractivity contribution in [2.24, 2.45) is 0 Å². The minimum atomic E-state index is -0.875. The topological polar surface area (TPSA) is 50.4 Å². The largest absolute Gasteiger partial charge is 0.479 e. The minimum Gasteiger partial charge on any atom is -0.479 e. The molecule has 0 aliphatic carbocycles. The van der Waals surface area contributed by atoms with Gasteiger partial charge in [-0.15, -0.1) is 0 Å². The van der Waals surface area contributed by atoms with Gasteiger partial charge in [0.25, 0.3) is 5.91 Å². The second-order valence-electron chi connectivity index (χ2n) is 4.90. The Labute approximate surface area is 173 Å². The summed E-state index contributed by atoms with van der Waals surface area (Å²) in [6, 6.07) is 9.26. The SMILES string of the molecule is CC(Oc1ccc(Cl)cc1Cl)C(=O)NC(=S)Nc1ccc(I)cc1F. The van der Waals surface area contributed by atoms with Gasteiger partial charge < -0.3 is 10.1 Å². The molecule has 0 aromatic heterocycles. The van der Waals surface area contributed by atoms with Crippen LogP contribution in [0.2, 0.25) is 10.0 Å². The summed E-state index contributed by atoms with van der Waals surface area (Å²) >= 11 is 18.8. The summed E-state index contributed by atoms with van der Waals surface area (Å²) in [7, 11) is 0. The number of hydrogen-bond donors (Lipinski definition) is 2. The van der Waals surface area contributed by atoms with E-state index in [1.807, 2.05) is 22.6 Å². The van der Waals surface area contributed by atoms with Gasteiger partial charge in [-0.3, -0.25) is 10.1 Å². The molecule has 2 N–H and O–H groups in total. The lowest BCUT2D eigenvalue weighted by molar-refractivity contribution is -0.125. The molecule has 1 atom stereocenters. The fraction of sp³-hybridized carbons (Fsp3) is 0.125. The van der Waals surface area contributed by atoms with Crippen LogP contribution < -0.4 is 15.4 Å². The molecule has 0 fully saturated rings. The fourth-order valence-electron chi connectivity index (χ4n) is 1.77. The van der Waals surface area contributed by atoms with Crippen LogP contribution in [0.15, 0.2) is 36.4 Å². The zero-order valence-corrected chi connectivity index (χ0v) is 17.3. The van der Waals surface area contributed by atoms with E-state index in [-0.39, 0.29) is 15.8 Å². The lowest BCUT2D eigenvalue weighted by Gasteiger charge is -2.17. The summed E-state index contributed by atoms with van der Waals surface area (Å²) < 4.78 is 20.0. The third kappa shape index (κ3) is 5.95. The zero-order chi connectivity index (χ0) is 18.6. The number of halogens is 4. The van der Waals surface area contributed by atoms with Crippen LogP contribution in [0, 0.1) is 9.39 Å². The van der Waals surface area contributed by atoms with E-state index in [0.717, 1.165) is 3.57 Å². The van der Waals surface area contributed by atoms with Crippen LogP contribution in [0.1, 0.15) is 6.92 Å². The molecule has 0 bridgehead atoms. The fourth-order valence-corrected chi connectivity index (χ4v) is 2.89. The number of anilines is 1. The first-order valence-electron chi connectivity index (χ1n) is 6.95. The molecule has 2 aromatic rings. The van der Waals surface area contributed by atoms with Crippen molar-refractivity contribution in [1.82, 2.24) is 5.32 Å². The highest BCUT2D eigenvalue weighted by molar-refractivity contribution is 14.1. The molecular formula is C16H12Cl2FIN2O2S. The number of thiocarbonyl (C=S) groups is 1. The molecule has 0 radical (unpaired) electrons. The van der Waals surface area contributed by atoms with Crippen molar-refractivity contribution in [1.29, 1.82) is 0 Å². The third-order valence-corrected chi connectivity index (χ3v) is 4.39. The van der Waals surface area contributed by atoms with Crippen LogP contribution in [-0.4, -0.2) is 17.1 Å². The van der Waals surface area contributed by atoms with Crippen molar-refractivity contribution in [2.75, 3.05) is 5.32 Å². The van der Waals surface area contributed by atoms with E-state index in [4.69, 9.17) is 40.2 Å². The molecule has 25 heavy (non-hydrogen) atoms.